The Hall–Kier alpha value is -2.11. The van der Waals surface area contributed by atoms with E-state index in [2.05, 4.69) is 10.6 Å². The zero-order valence-corrected chi connectivity index (χ0v) is 16.4. The number of quaternary nitrogens is 1. The summed E-state index contributed by atoms with van der Waals surface area (Å²) >= 11 is 0. The van der Waals surface area contributed by atoms with Crippen molar-refractivity contribution >= 4 is 22.0 Å². The van der Waals surface area contributed by atoms with E-state index in [0.29, 0.717) is 25.7 Å². The number of hydrogen-bond acceptors (Lipinski definition) is 4. The van der Waals surface area contributed by atoms with Crippen LogP contribution in [0, 0.1) is 11.6 Å². The summed E-state index contributed by atoms with van der Waals surface area (Å²) in [4.78, 5) is 23.7. The predicted octanol–water partition coefficient (Wildman–Crippen LogP) is -0.520. The maximum absolute atomic E-state index is 13.8. The molecule has 0 atom stereocenters. The molecule has 0 saturated carbocycles. The fourth-order valence-corrected chi connectivity index (χ4v) is 4.35. The number of unbranched alkanes of at least 4 members (excludes halogenated alkanes) is 1. The quantitative estimate of drug-likeness (QED) is 0.518. The van der Waals surface area contributed by atoms with Crippen LogP contribution >= 0.6 is 0 Å². The van der Waals surface area contributed by atoms with Gasteiger partial charge in [-0.05, 0) is 18.6 Å². The number of rotatable bonds is 7. The highest BCUT2D eigenvalue weighted by Gasteiger charge is 2.33. The number of nitrogens with zero attached hydrogens (tertiary/aromatic N) is 1. The van der Waals surface area contributed by atoms with E-state index in [0.717, 1.165) is 34.2 Å². The molecule has 1 aromatic carbocycles. The molecule has 0 aliphatic carbocycles. The number of halogens is 2. The van der Waals surface area contributed by atoms with E-state index in [4.69, 9.17) is 0 Å². The number of piperazine rings is 1. The number of urea groups is 1. The van der Waals surface area contributed by atoms with Crippen LogP contribution in [0.1, 0.15) is 19.8 Å². The van der Waals surface area contributed by atoms with Crippen molar-refractivity contribution in [2.24, 2.45) is 0 Å². The summed E-state index contributed by atoms with van der Waals surface area (Å²) in [7, 11) is -4.08. The van der Waals surface area contributed by atoms with Crippen molar-refractivity contribution in [2.75, 3.05) is 39.3 Å². The molecule has 1 aromatic rings. The predicted molar refractivity (Wildman–Crippen MR) is 97.1 cm³/mol. The van der Waals surface area contributed by atoms with Gasteiger partial charge in [0.2, 0.25) is 10.0 Å². The van der Waals surface area contributed by atoms with Crippen LogP contribution in [0.15, 0.2) is 23.1 Å². The van der Waals surface area contributed by atoms with Crippen LogP contribution in [0.4, 0.5) is 13.6 Å². The molecular formula is C17H25F2N4O4S+. The van der Waals surface area contributed by atoms with Crippen LogP contribution in [-0.4, -0.2) is 63.9 Å². The number of amides is 3. The molecule has 2 rings (SSSR count). The highest BCUT2D eigenvalue weighted by molar-refractivity contribution is 7.89. The number of imide groups is 1. The summed E-state index contributed by atoms with van der Waals surface area (Å²) in [5, 5.41) is 4.82. The SMILES string of the molecule is CCCCNC(=O)NC(=O)C[NH+]1CCN(S(=O)(=O)c2ccc(F)cc2F)CC1. The normalized spacial score (nSPS) is 16.0. The summed E-state index contributed by atoms with van der Waals surface area (Å²) in [5.74, 6) is -2.44. The standard InChI is InChI=1S/C17H24F2N4O4S/c1-2-3-6-20-17(25)21-16(24)12-22-7-9-23(10-8-22)28(26,27)15-5-4-13(18)11-14(15)19/h4-5,11H,2-3,6-10,12H2,1H3,(H2,20,21,24,25)/p+1. The van der Waals surface area contributed by atoms with E-state index >= 15 is 0 Å². The molecule has 0 radical (unpaired) electrons. The second kappa shape index (κ2) is 9.89. The fraction of sp³-hybridized carbons (Fsp3) is 0.529. The van der Waals surface area contributed by atoms with Gasteiger partial charge in [-0.1, -0.05) is 13.3 Å². The summed E-state index contributed by atoms with van der Waals surface area (Å²) in [6.45, 7) is 3.33. The third-order valence-electron chi connectivity index (χ3n) is 4.42. The van der Waals surface area contributed by atoms with Crippen LogP contribution < -0.4 is 15.5 Å². The average Bonchev–Trinajstić information content (AvgIpc) is 2.62. The molecule has 156 valence electrons. The highest BCUT2D eigenvalue weighted by Crippen LogP contribution is 2.20. The monoisotopic (exact) mass is 419 g/mol. The topological polar surface area (TPSA) is 100 Å². The lowest BCUT2D eigenvalue weighted by Gasteiger charge is -2.31. The number of carbonyl (C=O) groups is 2. The van der Waals surface area contributed by atoms with E-state index in [1.165, 1.54) is 0 Å². The Bertz CT molecular complexity index is 811. The van der Waals surface area contributed by atoms with Crippen molar-refractivity contribution in [3.63, 3.8) is 0 Å². The Labute approximate surface area is 162 Å². The van der Waals surface area contributed by atoms with Crippen molar-refractivity contribution in [3.8, 4) is 0 Å². The lowest BCUT2D eigenvalue weighted by Crippen LogP contribution is -3.15. The van der Waals surface area contributed by atoms with Crippen molar-refractivity contribution in [3.05, 3.63) is 29.8 Å². The third kappa shape index (κ3) is 5.94. The van der Waals surface area contributed by atoms with Crippen LogP contribution in [0.2, 0.25) is 0 Å². The Morgan fingerprint density at radius 1 is 1.21 bits per heavy atom. The molecule has 11 heteroatoms. The Morgan fingerprint density at radius 2 is 1.89 bits per heavy atom. The minimum Gasteiger partial charge on any atom is -0.338 e. The van der Waals surface area contributed by atoms with Gasteiger partial charge in [0.05, 0.1) is 26.2 Å². The molecule has 0 unspecified atom stereocenters. The average molecular weight is 419 g/mol. The molecule has 3 amide bonds. The minimum absolute atomic E-state index is 0.0278. The smallest absolute Gasteiger partial charge is 0.321 e. The lowest BCUT2D eigenvalue weighted by molar-refractivity contribution is -0.895. The summed E-state index contributed by atoms with van der Waals surface area (Å²) in [5.41, 5.74) is 0. The van der Waals surface area contributed by atoms with Crippen LogP contribution in [0.25, 0.3) is 0 Å². The maximum Gasteiger partial charge on any atom is 0.321 e. The Morgan fingerprint density at radius 3 is 2.50 bits per heavy atom. The molecule has 3 N–H and O–H groups in total. The van der Waals surface area contributed by atoms with Gasteiger partial charge in [-0.3, -0.25) is 10.1 Å². The van der Waals surface area contributed by atoms with Crippen molar-refractivity contribution in [2.45, 2.75) is 24.7 Å². The van der Waals surface area contributed by atoms with E-state index in [9.17, 15) is 26.8 Å². The number of benzene rings is 1. The maximum atomic E-state index is 13.8. The number of carbonyl (C=O) groups excluding carboxylic acids is 2. The number of nitrogens with one attached hydrogen (secondary N) is 3. The first-order chi connectivity index (χ1) is 13.2. The second-order valence-electron chi connectivity index (χ2n) is 6.56. The van der Waals surface area contributed by atoms with Gasteiger partial charge in [-0.25, -0.2) is 22.0 Å². The minimum atomic E-state index is -4.08. The molecule has 1 aliphatic rings. The second-order valence-corrected chi connectivity index (χ2v) is 8.47. The van der Waals surface area contributed by atoms with Gasteiger partial charge in [0.1, 0.15) is 16.5 Å². The largest absolute Gasteiger partial charge is 0.338 e. The van der Waals surface area contributed by atoms with Crippen molar-refractivity contribution in [1.29, 1.82) is 0 Å². The number of hydrogen-bond donors (Lipinski definition) is 3. The van der Waals surface area contributed by atoms with E-state index < -0.39 is 38.5 Å². The molecule has 1 heterocycles. The number of sulfonamides is 1. The molecule has 1 saturated heterocycles. The molecule has 0 spiro atoms. The summed E-state index contributed by atoms with van der Waals surface area (Å²) in [6.07, 6.45) is 1.74. The van der Waals surface area contributed by atoms with Gasteiger partial charge < -0.3 is 10.2 Å². The van der Waals surface area contributed by atoms with Gasteiger partial charge in [0.25, 0.3) is 5.91 Å². The zero-order chi connectivity index (χ0) is 20.7. The third-order valence-corrected chi connectivity index (χ3v) is 6.35. The van der Waals surface area contributed by atoms with Gasteiger partial charge >= 0.3 is 6.03 Å². The fourth-order valence-electron chi connectivity index (χ4n) is 2.86. The highest BCUT2D eigenvalue weighted by atomic mass is 32.2. The molecule has 0 aromatic heterocycles. The van der Waals surface area contributed by atoms with Crippen LogP contribution in [-0.2, 0) is 14.8 Å². The van der Waals surface area contributed by atoms with Gasteiger partial charge in [-0.2, -0.15) is 4.31 Å². The van der Waals surface area contributed by atoms with Crippen molar-refractivity contribution < 1.29 is 31.7 Å². The first kappa shape index (κ1) is 22.2. The Balaban J connectivity index is 1.85. The molecule has 1 aliphatic heterocycles. The first-order valence-corrected chi connectivity index (χ1v) is 10.5. The van der Waals surface area contributed by atoms with E-state index in [1.54, 1.807) is 0 Å². The molecule has 28 heavy (non-hydrogen) atoms. The zero-order valence-electron chi connectivity index (χ0n) is 15.6. The molecule has 0 bridgehead atoms. The summed E-state index contributed by atoms with van der Waals surface area (Å²) < 4.78 is 53.0. The van der Waals surface area contributed by atoms with Crippen molar-refractivity contribution in [1.82, 2.24) is 14.9 Å². The Kier molecular flexibility index (Phi) is 7.84. The van der Waals surface area contributed by atoms with Crippen LogP contribution in [0.5, 0.6) is 0 Å². The molecular weight excluding hydrogens is 394 g/mol. The first-order valence-electron chi connectivity index (χ1n) is 9.10. The van der Waals surface area contributed by atoms with Gasteiger partial charge in [0.15, 0.2) is 6.54 Å². The van der Waals surface area contributed by atoms with Gasteiger partial charge in [0, 0.05) is 12.6 Å². The van der Waals surface area contributed by atoms with Gasteiger partial charge in [-0.15, -0.1) is 0 Å². The lowest BCUT2D eigenvalue weighted by atomic mass is 10.3. The summed E-state index contributed by atoms with van der Waals surface area (Å²) in [6, 6.07) is 1.78. The van der Waals surface area contributed by atoms with E-state index in [-0.39, 0.29) is 19.6 Å². The van der Waals surface area contributed by atoms with Crippen LogP contribution in [0.3, 0.4) is 0 Å². The molecule has 1 fully saturated rings. The molecule has 8 nitrogen and oxygen atoms in total. The van der Waals surface area contributed by atoms with E-state index in [1.807, 2.05) is 6.92 Å².